The van der Waals surface area contributed by atoms with Crippen LogP contribution >= 0.6 is 0 Å². The molecule has 0 spiro atoms. The maximum atomic E-state index is 4.90. The molecule has 0 N–H and O–H groups in total. The Morgan fingerprint density at radius 2 is 1.03 bits per heavy atom. The topological polar surface area (TPSA) is 29.0 Å². The quantitative estimate of drug-likeness (QED) is 0.332. The Balaban J connectivity index is 1.39. The molecule has 3 heteroatoms. The molecular weight excluding hydrogens is 378 g/mol. The van der Waals surface area contributed by atoms with Crippen molar-refractivity contribution >= 4 is 21.8 Å². The normalized spacial score (nSPS) is 11.4. The summed E-state index contributed by atoms with van der Waals surface area (Å²) in [5.41, 5.74) is 5.63. The lowest BCUT2D eigenvalue weighted by Crippen LogP contribution is -2.26. The second kappa shape index (κ2) is 9.07. The average Bonchev–Trinajstić information content (AvgIpc) is 2.83. The summed E-state index contributed by atoms with van der Waals surface area (Å²) in [5, 5.41) is 2.36. The summed E-state index contributed by atoms with van der Waals surface area (Å²) in [6.45, 7) is 2.55. The molecule has 2 aromatic heterocycles. The Bertz CT molecular complexity index is 1220. The van der Waals surface area contributed by atoms with Crippen molar-refractivity contribution in [1.29, 1.82) is 0 Å². The SMILES string of the molecule is c1ccc(CCN(Cc2ccc3ccccc3n2)Cc2ccc3ccccc3n2)cc1. The molecule has 31 heavy (non-hydrogen) atoms. The first-order chi connectivity index (χ1) is 15.3. The van der Waals surface area contributed by atoms with E-state index in [-0.39, 0.29) is 0 Å². The van der Waals surface area contributed by atoms with E-state index < -0.39 is 0 Å². The van der Waals surface area contributed by atoms with Gasteiger partial charge in [0, 0.05) is 30.4 Å². The zero-order valence-electron chi connectivity index (χ0n) is 17.5. The van der Waals surface area contributed by atoms with Gasteiger partial charge in [-0.1, -0.05) is 78.9 Å². The molecule has 0 saturated heterocycles. The van der Waals surface area contributed by atoms with Crippen LogP contribution < -0.4 is 0 Å². The highest BCUT2D eigenvalue weighted by Crippen LogP contribution is 2.17. The van der Waals surface area contributed by atoms with Crippen LogP contribution in [-0.2, 0) is 19.5 Å². The van der Waals surface area contributed by atoms with Crippen LogP contribution in [0.2, 0.25) is 0 Å². The third kappa shape index (κ3) is 4.79. The van der Waals surface area contributed by atoms with E-state index in [0.29, 0.717) is 0 Å². The lowest BCUT2D eigenvalue weighted by molar-refractivity contribution is 0.254. The zero-order valence-corrected chi connectivity index (χ0v) is 17.5. The molecule has 0 aliphatic rings. The second-order valence-corrected chi connectivity index (χ2v) is 7.94. The number of rotatable bonds is 7. The van der Waals surface area contributed by atoms with Crippen molar-refractivity contribution in [2.75, 3.05) is 6.54 Å². The van der Waals surface area contributed by atoms with E-state index in [4.69, 9.17) is 9.97 Å². The van der Waals surface area contributed by atoms with Crippen molar-refractivity contribution in [2.45, 2.75) is 19.5 Å². The van der Waals surface area contributed by atoms with Gasteiger partial charge in [-0.3, -0.25) is 14.9 Å². The van der Waals surface area contributed by atoms with Gasteiger partial charge in [0.2, 0.25) is 0 Å². The Labute approximate surface area is 183 Å². The summed E-state index contributed by atoms with van der Waals surface area (Å²) >= 11 is 0. The van der Waals surface area contributed by atoms with Crippen molar-refractivity contribution in [2.24, 2.45) is 0 Å². The largest absolute Gasteiger partial charge is 0.291 e. The van der Waals surface area contributed by atoms with E-state index in [2.05, 4.69) is 95.9 Å². The van der Waals surface area contributed by atoms with Gasteiger partial charge in [-0.2, -0.15) is 0 Å². The number of nitrogens with zero attached hydrogens (tertiary/aromatic N) is 3. The first-order valence-electron chi connectivity index (χ1n) is 10.8. The fourth-order valence-corrected chi connectivity index (χ4v) is 4.00. The van der Waals surface area contributed by atoms with Crippen LogP contribution in [0.1, 0.15) is 17.0 Å². The molecule has 2 heterocycles. The molecule has 0 radical (unpaired) electrons. The van der Waals surface area contributed by atoms with Crippen molar-refractivity contribution in [3.8, 4) is 0 Å². The van der Waals surface area contributed by atoms with E-state index in [1.165, 1.54) is 16.3 Å². The molecule has 3 aromatic carbocycles. The molecule has 0 aliphatic carbocycles. The highest BCUT2D eigenvalue weighted by molar-refractivity contribution is 5.79. The summed E-state index contributed by atoms with van der Waals surface area (Å²) in [6, 6.07) is 35.9. The Hall–Kier alpha value is -3.56. The second-order valence-electron chi connectivity index (χ2n) is 7.94. The van der Waals surface area contributed by atoms with E-state index in [1.54, 1.807) is 0 Å². The fourth-order valence-electron chi connectivity index (χ4n) is 4.00. The summed E-state index contributed by atoms with van der Waals surface area (Å²) in [5.74, 6) is 0. The third-order valence-electron chi connectivity index (χ3n) is 5.64. The van der Waals surface area contributed by atoms with Gasteiger partial charge < -0.3 is 0 Å². The van der Waals surface area contributed by atoms with Crippen LogP contribution in [0.25, 0.3) is 21.8 Å². The molecule has 0 amide bonds. The van der Waals surface area contributed by atoms with Gasteiger partial charge in [0.05, 0.1) is 22.4 Å². The van der Waals surface area contributed by atoms with Crippen LogP contribution in [0.5, 0.6) is 0 Å². The number of hydrogen-bond donors (Lipinski definition) is 0. The number of aromatic nitrogens is 2. The number of hydrogen-bond acceptors (Lipinski definition) is 3. The predicted molar refractivity (Wildman–Crippen MR) is 128 cm³/mol. The number of benzene rings is 3. The van der Waals surface area contributed by atoms with Gasteiger partial charge in [0.15, 0.2) is 0 Å². The summed E-state index contributed by atoms with van der Waals surface area (Å²) in [7, 11) is 0. The molecule has 0 aliphatic heterocycles. The van der Waals surface area contributed by atoms with Crippen molar-refractivity contribution in [3.05, 3.63) is 120 Å². The van der Waals surface area contributed by atoms with Gasteiger partial charge in [-0.05, 0) is 36.2 Å². The van der Waals surface area contributed by atoms with Crippen LogP contribution in [-0.4, -0.2) is 21.4 Å². The van der Waals surface area contributed by atoms with Gasteiger partial charge >= 0.3 is 0 Å². The minimum absolute atomic E-state index is 0.798. The van der Waals surface area contributed by atoms with E-state index in [1.807, 2.05) is 12.1 Å². The molecule has 0 atom stereocenters. The van der Waals surface area contributed by atoms with Crippen molar-refractivity contribution in [3.63, 3.8) is 0 Å². The van der Waals surface area contributed by atoms with Crippen molar-refractivity contribution in [1.82, 2.24) is 14.9 Å². The number of pyridine rings is 2. The van der Waals surface area contributed by atoms with Gasteiger partial charge in [-0.15, -0.1) is 0 Å². The van der Waals surface area contributed by atoms with E-state index in [0.717, 1.165) is 48.5 Å². The molecule has 5 aromatic rings. The van der Waals surface area contributed by atoms with E-state index >= 15 is 0 Å². The molecular formula is C28H25N3. The predicted octanol–water partition coefficient (Wildman–Crippen LogP) is 6.03. The molecule has 152 valence electrons. The highest BCUT2D eigenvalue weighted by Gasteiger charge is 2.11. The smallest absolute Gasteiger partial charge is 0.0705 e. The van der Waals surface area contributed by atoms with Gasteiger partial charge in [0.1, 0.15) is 0 Å². The molecule has 0 unspecified atom stereocenters. The minimum atomic E-state index is 0.798. The molecule has 5 rings (SSSR count). The lowest BCUT2D eigenvalue weighted by Gasteiger charge is -2.22. The first kappa shape index (κ1) is 19.4. The van der Waals surface area contributed by atoms with Crippen LogP contribution in [0.15, 0.2) is 103 Å². The summed E-state index contributed by atoms with van der Waals surface area (Å²) in [4.78, 5) is 12.2. The Morgan fingerprint density at radius 1 is 0.516 bits per heavy atom. The summed E-state index contributed by atoms with van der Waals surface area (Å²) in [6.07, 6.45) is 1.00. The zero-order chi connectivity index (χ0) is 20.9. The van der Waals surface area contributed by atoms with Crippen molar-refractivity contribution < 1.29 is 0 Å². The molecule has 0 saturated carbocycles. The average molecular weight is 404 g/mol. The standard InChI is InChI=1S/C28H25N3/c1-2-8-22(9-3-1)18-19-31(20-25-16-14-23-10-4-6-12-27(23)29-25)21-26-17-15-24-11-5-7-13-28(24)30-26/h1-17H,18-21H2. The fraction of sp³-hybridized carbons (Fsp3) is 0.143. The van der Waals surface area contributed by atoms with Crippen LogP contribution in [0.3, 0.4) is 0 Å². The maximum Gasteiger partial charge on any atom is 0.0705 e. The number of fused-ring (bicyclic) bond motifs is 2. The van der Waals surface area contributed by atoms with Gasteiger partial charge in [0.25, 0.3) is 0 Å². The van der Waals surface area contributed by atoms with E-state index in [9.17, 15) is 0 Å². The molecule has 0 fully saturated rings. The lowest BCUT2D eigenvalue weighted by atomic mass is 10.1. The highest BCUT2D eigenvalue weighted by atomic mass is 15.1. The Morgan fingerprint density at radius 3 is 1.61 bits per heavy atom. The van der Waals surface area contributed by atoms with Crippen LogP contribution in [0.4, 0.5) is 0 Å². The Kier molecular flexibility index (Phi) is 5.68. The molecule has 3 nitrogen and oxygen atoms in total. The summed E-state index contributed by atoms with van der Waals surface area (Å²) < 4.78 is 0. The van der Waals surface area contributed by atoms with Crippen LogP contribution in [0, 0.1) is 0 Å². The monoisotopic (exact) mass is 403 g/mol. The minimum Gasteiger partial charge on any atom is -0.291 e. The maximum absolute atomic E-state index is 4.90. The first-order valence-corrected chi connectivity index (χ1v) is 10.8. The molecule has 0 bridgehead atoms. The van der Waals surface area contributed by atoms with Gasteiger partial charge in [-0.25, -0.2) is 0 Å². The number of para-hydroxylation sites is 2. The third-order valence-corrected chi connectivity index (χ3v) is 5.64.